The molecule has 1 heterocycles. The van der Waals surface area contributed by atoms with Crippen LogP contribution in [0.3, 0.4) is 0 Å². The van der Waals surface area contributed by atoms with Crippen molar-refractivity contribution < 1.29 is 9.59 Å². The first kappa shape index (κ1) is 20.1. The SMILES string of the molecule is CCCC(=O)Nc1ccc(SC(C(=O)Nc2nccs2)c2ccccc2)cc1. The molecule has 0 bridgehead atoms. The molecule has 0 fully saturated rings. The highest BCUT2D eigenvalue weighted by molar-refractivity contribution is 8.00. The second-order valence-electron chi connectivity index (χ2n) is 6.06. The summed E-state index contributed by atoms with van der Waals surface area (Å²) in [6.07, 6.45) is 2.98. The van der Waals surface area contributed by atoms with E-state index in [1.165, 1.54) is 23.1 Å². The maximum absolute atomic E-state index is 12.9. The number of thioether (sulfide) groups is 1. The molecule has 2 N–H and O–H groups in total. The first-order valence-corrected chi connectivity index (χ1v) is 10.7. The Balaban J connectivity index is 1.74. The molecule has 3 aromatic rings. The molecule has 1 atom stereocenters. The molecule has 0 aliphatic heterocycles. The molecule has 2 amide bonds. The van der Waals surface area contributed by atoms with Gasteiger partial charge in [0.1, 0.15) is 5.25 Å². The third-order valence-corrected chi connectivity index (χ3v) is 5.83. The van der Waals surface area contributed by atoms with Crippen LogP contribution in [0.4, 0.5) is 10.8 Å². The van der Waals surface area contributed by atoms with Crippen molar-refractivity contribution in [2.45, 2.75) is 29.9 Å². The number of thiazole rings is 1. The molecule has 0 saturated heterocycles. The van der Waals surface area contributed by atoms with E-state index in [0.717, 1.165) is 22.6 Å². The summed E-state index contributed by atoms with van der Waals surface area (Å²) in [6, 6.07) is 17.2. The van der Waals surface area contributed by atoms with Gasteiger partial charge in [-0.25, -0.2) is 4.98 Å². The van der Waals surface area contributed by atoms with Gasteiger partial charge in [0.05, 0.1) is 0 Å². The number of carbonyl (C=O) groups excluding carboxylic acids is 2. The van der Waals surface area contributed by atoms with Crippen LogP contribution in [-0.2, 0) is 9.59 Å². The minimum atomic E-state index is -0.411. The standard InChI is InChI=1S/C21H21N3O2S2/c1-2-6-18(25)23-16-9-11-17(12-10-16)28-19(15-7-4-3-5-8-15)20(26)24-21-22-13-14-27-21/h3-5,7-14,19H,2,6H2,1H3,(H,23,25)(H,22,24,26). The number of nitrogens with one attached hydrogen (secondary N) is 2. The molecule has 1 unspecified atom stereocenters. The van der Waals surface area contributed by atoms with Crippen LogP contribution in [0.5, 0.6) is 0 Å². The number of rotatable bonds is 8. The van der Waals surface area contributed by atoms with Crippen LogP contribution < -0.4 is 10.6 Å². The van der Waals surface area contributed by atoms with Gasteiger partial charge in [0, 0.05) is 28.6 Å². The van der Waals surface area contributed by atoms with E-state index >= 15 is 0 Å². The van der Waals surface area contributed by atoms with Crippen LogP contribution in [0.15, 0.2) is 71.1 Å². The summed E-state index contributed by atoms with van der Waals surface area (Å²) in [6.45, 7) is 1.97. The Bertz CT molecular complexity index is 897. The molecule has 0 aliphatic carbocycles. The van der Waals surface area contributed by atoms with Crippen molar-refractivity contribution in [3.63, 3.8) is 0 Å². The maximum Gasteiger partial charge on any atom is 0.244 e. The quantitative estimate of drug-likeness (QED) is 0.490. The van der Waals surface area contributed by atoms with Crippen LogP contribution in [0.25, 0.3) is 0 Å². The number of nitrogens with zero attached hydrogens (tertiary/aromatic N) is 1. The zero-order valence-corrected chi connectivity index (χ0v) is 17.1. The summed E-state index contributed by atoms with van der Waals surface area (Å²) < 4.78 is 0. The first-order chi connectivity index (χ1) is 13.7. The maximum atomic E-state index is 12.9. The number of benzene rings is 2. The molecule has 0 radical (unpaired) electrons. The molecule has 2 aromatic carbocycles. The summed E-state index contributed by atoms with van der Waals surface area (Å²) >= 11 is 2.85. The molecule has 7 heteroatoms. The minimum absolute atomic E-state index is 0.00731. The van der Waals surface area contributed by atoms with Gasteiger partial charge in [-0.3, -0.25) is 9.59 Å². The van der Waals surface area contributed by atoms with E-state index in [0.29, 0.717) is 11.6 Å². The van der Waals surface area contributed by atoms with Gasteiger partial charge >= 0.3 is 0 Å². The summed E-state index contributed by atoms with van der Waals surface area (Å²) in [7, 11) is 0. The Kier molecular flexibility index (Phi) is 7.22. The highest BCUT2D eigenvalue weighted by Crippen LogP contribution is 2.36. The van der Waals surface area contributed by atoms with Gasteiger partial charge in [-0.1, -0.05) is 37.3 Å². The van der Waals surface area contributed by atoms with Gasteiger partial charge < -0.3 is 10.6 Å². The lowest BCUT2D eigenvalue weighted by molar-refractivity contribution is -0.116. The zero-order valence-electron chi connectivity index (χ0n) is 15.4. The second-order valence-corrected chi connectivity index (χ2v) is 8.13. The Morgan fingerprint density at radius 2 is 1.82 bits per heavy atom. The fraction of sp³-hybridized carbons (Fsp3) is 0.190. The van der Waals surface area contributed by atoms with E-state index in [1.54, 1.807) is 6.20 Å². The van der Waals surface area contributed by atoms with Gasteiger partial charge in [0.25, 0.3) is 0 Å². The number of carbonyl (C=O) groups is 2. The lowest BCUT2D eigenvalue weighted by Crippen LogP contribution is -2.18. The van der Waals surface area contributed by atoms with Crippen LogP contribution in [0.2, 0.25) is 0 Å². The Morgan fingerprint density at radius 3 is 2.46 bits per heavy atom. The van der Waals surface area contributed by atoms with E-state index in [9.17, 15) is 9.59 Å². The highest BCUT2D eigenvalue weighted by Gasteiger charge is 2.22. The van der Waals surface area contributed by atoms with Gasteiger partial charge in [-0.15, -0.1) is 23.1 Å². The lowest BCUT2D eigenvalue weighted by atomic mass is 10.1. The smallest absolute Gasteiger partial charge is 0.244 e. The van der Waals surface area contributed by atoms with Crippen molar-refractivity contribution in [3.8, 4) is 0 Å². The Hall–Kier alpha value is -2.64. The van der Waals surface area contributed by atoms with Crippen LogP contribution in [0.1, 0.15) is 30.6 Å². The normalized spacial score (nSPS) is 11.6. The predicted molar refractivity (Wildman–Crippen MR) is 116 cm³/mol. The molecule has 0 aliphatic rings. The van der Waals surface area contributed by atoms with Crippen molar-refractivity contribution in [3.05, 3.63) is 71.7 Å². The summed E-state index contributed by atoms with van der Waals surface area (Å²) in [5, 5.41) is 7.75. The number of aromatic nitrogens is 1. The molecule has 28 heavy (non-hydrogen) atoms. The highest BCUT2D eigenvalue weighted by atomic mass is 32.2. The average Bonchev–Trinajstić information content (AvgIpc) is 3.21. The average molecular weight is 412 g/mol. The van der Waals surface area contributed by atoms with Gasteiger partial charge in [0.15, 0.2) is 5.13 Å². The van der Waals surface area contributed by atoms with Crippen molar-refractivity contribution in [1.82, 2.24) is 4.98 Å². The van der Waals surface area contributed by atoms with Gasteiger partial charge in [-0.2, -0.15) is 0 Å². The molecule has 5 nitrogen and oxygen atoms in total. The second kappa shape index (κ2) is 10.1. The van der Waals surface area contributed by atoms with Gasteiger partial charge in [-0.05, 0) is 36.2 Å². The summed E-state index contributed by atoms with van der Waals surface area (Å²) in [5.74, 6) is -0.112. The molecule has 3 rings (SSSR count). The van der Waals surface area contributed by atoms with Crippen LogP contribution >= 0.6 is 23.1 Å². The van der Waals surface area contributed by atoms with Gasteiger partial charge in [0.2, 0.25) is 11.8 Å². The molecule has 0 spiro atoms. The third kappa shape index (κ3) is 5.68. The number of anilines is 2. The Morgan fingerprint density at radius 1 is 1.07 bits per heavy atom. The largest absolute Gasteiger partial charge is 0.326 e. The number of hydrogen-bond acceptors (Lipinski definition) is 5. The van der Waals surface area contributed by atoms with E-state index in [-0.39, 0.29) is 11.8 Å². The van der Waals surface area contributed by atoms with E-state index < -0.39 is 5.25 Å². The van der Waals surface area contributed by atoms with Crippen LogP contribution in [0, 0.1) is 0 Å². The van der Waals surface area contributed by atoms with E-state index in [2.05, 4.69) is 15.6 Å². The number of hydrogen-bond donors (Lipinski definition) is 2. The number of amides is 2. The minimum Gasteiger partial charge on any atom is -0.326 e. The summed E-state index contributed by atoms with van der Waals surface area (Å²) in [4.78, 5) is 29.7. The lowest BCUT2D eigenvalue weighted by Gasteiger charge is -2.16. The first-order valence-electron chi connectivity index (χ1n) is 8.97. The zero-order chi connectivity index (χ0) is 19.8. The summed E-state index contributed by atoms with van der Waals surface area (Å²) in [5.41, 5.74) is 1.67. The monoisotopic (exact) mass is 411 g/mol. The predicted octanol–water partition coefficient (Wildman–Crippen LogP) is 5.35. The molecule has 144 valence electrons. The third-order valence-electron chi connectivity index (χ3n) is 3.87. The molecular weight excluding hydrogens is 390 g/mol. The Labute approximate surface area is 172 Å². The van der Waals surface area contributed by atoms with Crippen molar-refractivity contribution in [2.75, 3.05) is 10.6 Å². The molecule has 1 aromatic heterocycles. The van der Waals surface area contributed by atoms with Crippen molar-refractivity contribution in [1.29, 1.82) is 0 Å². The fourth-order valence-electron chi connectivity index (χ4n) is 2.56. The molecule has 0 saturated carbocycles. The van der Waals surface area contributed by atoms with Crippen molar-refractivity contribution >= 4 is 45.7 Å². The molecular formula is C21H21N3O2S2. The van der Waals surface area contributed by atoms with E-state index in [1.807, 2.05) is 66.9 Å². The van der Waals surface area contributed by atoms with Crippen molar-refractivity contribution in [2.24, 2.45) is 0 Å². The van der Waals surface area contributed by atoms with Crippen LogP contribution in [-0.4, -0.2) is 16.8 Å². The fourth-order valence-corrected chi connectivity index (χ4v) is 4.12. The van der Waals surface area contributed by atoms with E-state index in [4.69, 9.17) is 0 Å². The topological polar surface area (TPSA) is 71.1 Å².